The first-order valence-electron chi connectivity index (χ1n) is 5.05. The molecule has 0 saturated heterocycles. The van der Waals surface area contributed by atoms with Gasteiger partial charge in [0.2, 0.25) is 0 Å². The lowest BCUT2D eigenvalue weighted by atomic mass is 10.1. The Morgan fingerprint density at radius 2 is 2.41 bits per heavy atom. The van der Waals surface area contributed by atoms with Crippen LogP contribution in [-0.2, 0) is 13.5 Å². The SMILES string of the molecule is Cc1nn(C)c(CC(NN)c2cnsn2)c1Br. The predicted octanol–water partition coefficient (Wildman–Crippen LogP) is 1.09. The smallest absolute Gasteiger partial charge is 0.0929 e. The average Bonchev–Trinajstić information content (AvgIpc) is 2.89. The van der Waals surface area contributed by atoms with E-state index in [4.69, 9.17) is 5.84 Å². The summed E-state index contributed by atoms with van der Waals surface area (Å²) in [5.74, 6) is 5.56. The van der Waals surface area contributed by atoms with Gasteiger partial charge < -0.3 is 0 Å². The summed E-state index contributed by atoms with van der Waals surface area (Å²) in [5.41, 5.74) is 5.66. The molecule has 0 aliphatic heterocycles. The summed E-state index contributed by atoms with van der Waals surface area (Å²) in [4.78, 5) is 0. The van der Waals surface area contributed by atoms with E-state index in [-0.39, 0.29) is 6.04 Å². The van der Waals surface area contributed by atoms with Crippen molar-refractivity contribution in [2.24, 2.45) is 12.9 Å². The molecule has 0 aliphatic carbocycles. The molecule has 0 saturated carbocycles. The van der Waals surface area contributed by atoms with Crippen LogP contribution < -0.4 is 11.3 Å². The molecule has 1 atom stereocenters. The van der Waals surface area contributed by atoms with E-state index in [1.165, 1.54) is 11.7 Å². The molecule has 2 aromatic heterocycles. The van der Waals surface area contributed by atoms with Crippen LogP contribution in [0, 0.1) is 6.92 Å². The fourth-order valence-corrected chi connectivity index (χ4v) is 2.64. The molecule has 6 nitrogen and oxygen atoms in total. The Morgan fingerprint density at radius 3 is 2.88 bits per heavy atom. The van der Waals surface area contributed by atoms with Gasteiger partial charge in [-0.15, -0.1) is 0 Å². The number of aryl methyl sites for hydroxylation is 2. The number of nitrogens with two attached hydrogens (primary N) is 1. The topological polar surface area (TPSA) is 81.7 Å². The van der Waals surface area contributed by atoms with Crippen LogP contribution >= 0.6 is 27.7 Å². The quantitative estimate of drug-likeness (QED) is 0.652. The number of nitrogens with one attached hydrogen (secondary N) is 1. The van der Waals surface area contributed by atoms with Gasteiger partial charge in [-0.3, -0.25) is 16.0 Å². The number of hydrogen-bond donors (Lipinski definition) is 2. The number of hydrogen-bond acceptors (Lipinski definition) is 6. The van der Waals surface area contributed by atoms with Crippen molar-refractivity contribution < 1.29 is 0 Å². The largest absolute Gasteiger partial charge is 0.271 e. The summed E-state index contributed by atoms with van der Waals surface area (Å²) >= 11 is 4.71. The number of halogens is 1. The highest BCUT2D eigenvalue weighted by Crippen LogP contribution is 2.25. The lowest BCUT2D eigenvalue weighted by Crippen LogP contribution is -2.30. The monoisotopic (exact) mass is 316 g/mol. The van der Waals surface area contributed by atoms with Gasteiger partial charge in [0.1, 0.15) is 0 Å². The maximum Gasteiger partial charge on any atom is 0.0929 e. The van der Waals surface area contributed by atoms with Crippen LogP contribution in [0.25, 0.3) is 0 Å². The summed E-state index contributed by atoms with van der Waals surface area (Å²) in [6.07, 6.45) is 2.44. The third-order valence-electron chi connectivity index (χ3n) is 2.60. The predicted molar refractivity (Wildman–Crippen MR) is 69.3 cm³/mol. The fourth-order valence-electron chi connectivity index (χ4n) is 1.67. The van der Waals surface area contributed by atoms with Crippen molar-refractivity contribution in [3.8, 4) is 0 Å². The Balaban J connectivity index is 2.24. The minimum absolute atomic E-state index is 0.0557. The zero-order chi connectivity index (χ0) is 12.4. The minimum Gasteiger partial charge on any atom is -0.271 e. The van der Waals surface area contributed by atoms with Crippen molar-refractivity contribution in [2.45, 2.75) is 19.4 Å². The number of rotatable bonds is 4. The number of aromatic nitrogens is 4. The summed E-state index contributed by atoms with van der Waals surface area (Å²) in [6, 6.07) is -0.0557. The van der Waals surface area contributed by atoms with Gasteiger partial charge in [0.25, 0.3) is 0 Å². The highest BCUT2D eigenvalue weighted by molar-refractivity contribution is 9.10. The lowest BCUT2D eigenvalue weighted by Gasteiger charge is -2.13. The van der Waals surface area contributed by atoms with Crippen molar-refractivity contribution in [1.82, 2.24) is 24.0 Å². The molecule has 0 spiro atoms. The van der Waals surface area contributed by atoms with Gasteiger partial charge in [-0.25, -0.2) is 0 Å². The second-order valence-electron chi connectivity index (χ2n) is 3.73. The van der Waals surface area contributed by atoms with Crippen LogP contribution in [0.3, 0.4) is 0 Å². The molecule has 0 amide bonds. The summed E-state index contributed by atoms with van der Waals surface area (Å²) < 4.78 is 11.0. The normalized spacial score (nSPS) is 12.9. The summed E-state index contributed by atoms with van der Waals surface area (Å²) in [7, 11) is 1.92. The van der Waals surface area contributed by atoms with E-state index in [1.54, 1.807) is 6.20 Å². The second-order valence-corrected chi connectivity index (χ2v) is 5.08. The number of nitrogens with zero attached hydrogens (tertiary/aromatic N) is 4. The van der Waals surface area contributed by atoms with Crippen molar-refractivity contribution >= 4 is 27.7 Å². The fraction of sp³-hybridized carbons (Fsp3) is 0.444. The molecule has 1 unspecified atom stereocenters. The Kier molecular flexibility index (Phi) is 3.87. The number of hydrazine groups is 1. The summed E-state index contributed by atoms with van der Waals surface area (Å²) in [5, 5.41) is 4.35. The third-order valence-corrected chi connectivity index (χ3v) is 4.12. The first-order valence-corrected chi connectivity index (χ1v) is 6.57. The Labute approximate surface area is 112 Å². The van der Waals surface area contributed by atoms with Crippen molar-refractivity contribution in [3.63, 3.8) is 0 Å². The lowest BCUT2D eigenvalue weighted by molar-refractivity contribution is 0.520. The van der Waals surface area contributed by atoms with Gasteiger partial charge >= 0.3 is 0 Å². The molecular formula is C9H13BrN6S. The molecule has 0 radical (unpaired) electrons. The van der Waals surface area contributed by atoms with Crippen LogP contribution in [0.2, 0.25) is 0 Å². The average molecular weight is 317 g/mol. The van der Waals surface area contributed by atoms with E-state index in [0.717, 1.165) is 21.6 Å². The van der Waals surface area contributed by atoms with Crippen LogP contribution in [0.4, 0.5) is 0 Å². The molecule has 3 N–H and O–H groups in total. The van der Waals surface area contributed by atoms with Gasteiger partial charge in [-0.1, -0.05) is 0 Å². The van der Waals surface area contributed by atoms with E-state index >= 15 is 0 Å². The van der Waals surface area contributed by atoms with E-state index < -0.39 is 0 Å². The van der Waals surface area contributed by atoms with E-state index in [2.05, 4.69) is 35.2 Å². The Bertz CT molecular complexity index is 494. The Hall–Kier alpha value is -0.830. The van der Waals surface area contributed by atoms with E-state index in [0.29, 0.717) is 6.42 Å². The van der Waals surface area contributed by atoms with Gasteiger partial charge in [0.05, 0.1) is 45.5 Å². The zero-order valence-electron chi connectivity index (χ0n) is 9.51. The maximum atomic E-state index is 5.56. The van der Waals surface area contributed by atoms with Crippen LogP contribution in [-0.4, -0.2) is 18.5 Å². The van der Waals surface area contributed by atoms with Crippen LogP contribution in [0.1, 0.15) is 23.1 Å². The van der Waals surface area contributed by atoms with E-state index in [1.807, 2.05) is 18.7 Å². The molecule has 92 valence electrons. The van der Waals surface area contributed by atoms with E-state index in [9.17, 15) is 0 Å². The molecule has 2 aromatic rings. The van der Waals surface area contributed by atoms with Gasteiger partial charge in [-0.05, 0) is 22.9 Å². The molecule has 17 heavy (non-hydrogen) atoms. The first-order chi connectivity index (χ1) is 8.13. The summed E-state index contributed by atoms with van der Waals surface area (Å²) in [6.45, 7) is 1.96. The first kappa shape index (κ1) is 12.6. The molecular weight excluding hydrogens is 304 g/mol. The van der Waals surface area contributed by atoms with Gasteiger partial charge in [0.15, 0.2) is 0 Å². The van der Waals surface area contributed by atoms with Gasteiger partial charge in [-0.2, -0.15) is 13.8 Å². The maximum absolute atomic E-state index is 5.56. The van der Waals surface area contributed by atoms with Crippen molar-refractivity contribution in [3.05, 3.63) is 27.8 Å². The standard InChI is InChI=1S/C9H13BrN6S/c1-5-9(10)8(16(2)14-5)3-6(13-11)7-4-12-17-15-7/h4,6,13H,3,11H2,1-2H3. The highest BCUT2D eigenvalue weighted by atomic mass is 79.9. The van der Waals surface area contributed by atoms with Crippen molar-refractivity contribution in [2.75, 3.05) is 0 Å². The Morgan fingerprint density at radius 1 is 1.65 bits per heavy atom. The molecule has 0 aliphatic rings. The van der Waals surface area contributed by atoms with Crippen LogP contribution in [0.15, 0.2) is 10.7 Å². The second kappa shape index (κ2) is 5.21. The van der Waals surface area contributed by atoms with Crippen LogP contribution in [0.5, 0.6) is 0 Å². The minimum atomic E-state index is -0.0557. The highest BCUT2D eigenvalue weighted by Gasteiger charge is 2.19. The third kappa shape index (κ3) is 2.54. The zero-order valence-corrected chi connectivity index (χ0v) is 11.9. The molecule has 8 heteroatoms. The molecule has 0 aromatic carbocycles. The molecule has 0 bridgehead atoms. The van der Waals surface area contributed by atoms with Gasteiger partial charge in [0, 0.05) is 13.5 Å². The van der Waals surface area contributed by atoms with Crippen molar-refractivity contribution in [1.29, 1.82) is 0 Å². The molecule has 2 heterocycles. The molecule has 0 fully saturated rings. The molecule has 2 rings (SSSR count).